The molecule has 0 amide bonds. The fourth-order valence-corrected chi connectivity index (χ4v) is 2.88. The molecule has 0 aliphatic carbocycles. The summed E-state index contributed by atoms with van der Waals surface area (Å²) >= 11 is 6.23. The van der Waals surface area contributed by atoms with Gasteiger partial charge in [-0.25, -0.2) is 4.39 Å². The van der Waals surface area contributed by atoms with Crippen LogP contribution in [0.15, 0.2) is 41.5 Å². The Balaban J connectivity index is 2.19. The lowest BCUT2D eigenvalue weighted by Crippen LogP contribution is -2.34. The van der Waals surface area contributed by atoms with E-state index in [0.29, 0.717) is 34.7 Å². The highest BCUT2D eigenvalue weighted by Gasteiger charge is 2.33. The van der Waals surface area contributed by atoms with E-state index in [2.05, 4.69) is 10.0 Å². The number of nitrogens with zero attached hydrogens (tertiary/aromatic N) is 3. The van der Waals surface area contributed by atoms with E-state index in [1.807, 2.05) is 12.1 Å². The van der Waals surface area contributed by atoms with Crippen LogP contribution in [0.25, 0.3) is 21.6 Å². The van der Waals surface area contributed by atoms with E-state index < -0.39 is 5.72 Å². The molecule has 0 spiro atoms. The third-order valence-corrected chi connectivity index (χ3v) is 4.06. The smallest absolute Gasteiger partial charge is 0.185 e. The molecule has 0 fully saturated rings. The van der Waals surface area contributed by atoms with Crippen LogP contribution in [0.4, 0.5) is 4.39 Å². The molecule has 0 saturated heterocycles. The molecule has 2 aromatic carbocycles. The van der Waals surface area contributed by atoms with Crippen molar-refractivity contribution in [2.24, 2.45) is 5.11 Å². The largest absolute Gasteiger partial charge is 0.481 e. The summed E-state index contributed by atoms with van der Waals surface area (Å²) in [5, 5.41) is 4.23. The predicted octanol–water partition coefficient (Wildman–Crippen LogP) is 5.50. The minimum Gasteiger partial charge on any atom is -0.481 e. The van der Waals surface area contributed by atoms with Crippen LogP contribution in [0.1, 0.15) is 18.9 Å². The van der Waals surface area contributed by atoms with Crippen LogP contribution in [0.3, 0.4) is 0 Å². The van der Waals surface area contributed by atoms with Crippen molar-refractivity contribution in [3.05, 3.63) is 63.2 Å². The summed E-state index contributed by atoms with van der Waals surface area (Å²) in [5.41, 5.74) is 9.73. The van der Waals surface area contributed by atoms with Gasteiger partial charge in [-0.05, 0) is 54.2 Å². The Morgan fingerprint density at radius 2 is 2.09 bits per heavy atom. The van der Waals surface area contributed by atoms with E-state index in [1.54, 1.807) is 19.1 Å². The maximum atomic E-state index is 13.9. The molecule has 1 aliphatic heterocycles. The first-order chi connectivity index (χ1) is 10.5. The molecule has 0 bridgehead atoms. The second-order valence-electron chi connectivity index (χ2n) is 5.39. The van der Waals surface area contributed by atoms with Crippen LogP contribution in [-0.2, 0) is 6.42 Å². The molecule has 3 rings (SSSR count). The first-order valence-corrected chi connectivity index (χ1v) is 7.23. The Morgan fingerprint density at radius 1 is 1.32 bits per heavy atom. The number of hydrogen-bond donors (Lipinski definition) is 0. The number of rotatable bonds is 2. The third-order valence-electron chi connectivity index (χ3n) is 3.73. The van der Waals surface area contributed by atoms with Gasteiger partial charge in [-0.3, -0.25) is 0 Å². The zero-order valence-electron chi connectivity index (χ0n) is 11.9. The summed E-state index contributed by atoms with van der Waals surface area (Å²) < 4.78 is 19.8. The molecule has 112 valence electrons. The fraction of sp³-hybridized carbons (Fsp3) is 0.250. The normalized spacial score (nSPS) is 19.8. The number of azide groups is 1. The van der Waals surface area contributed by atoms with Gasteiger partial charge in [-0.1, -0.05) is 29.8 Å². The Hall–Kier alpha value is -2.23. The van der Waals surface area contributed by atoms with Crippen molar-refractivity contribution in [3.63, 3.8) is 0 Å². The van der Waals surface area contributed by atoms with Gasteiger partial charge < -0.3 is 4.74 Å². The molecule has 1 aliphatic rings. The molecular weight excluding hydrogens is 305 g/mol. The predicted molar refractivity (Wildman–Crippen MR) is 83.3 cm³/mol. The molecule has 0 saturated carbocycles. The van der Waals surface area contributed by atoms with Crippen LogP contribution in [0.2, 0.25) is 5.02 Å². The minimum atomic E-state index is -0.977. The Kier molecular flexibility index (Phi) is 3.69. The fourth-order valence-electron chi connectivity index (χ4n) is 2.64. The summed E-state index contributed by atoms with van der Waals surface area (Å²) in [7, 11) is 0. The van der Waals surface area contributed by atoms with Crippen molar-refractivity contribution < 1.29 is 9.13 Å². The second kappa shape index (κ2) is 5.52. The SMILES string of the molecule is C[C@]1(N=[N+]=[N-])CCc2cc(F)cc(-c3ccccc3Cl)c2O1. The van der Waals surface area contributed by atoms with Gasteiger partial charge in [0.15, 0.2) is 5.72 Å². The van der Waals surface area contributed by atoms with Gasteiger partial charge >= 0.3 is 0 Å². The van der Waals surface area contributed by atoms with Gasteiger partial charge in [-0.15, -0.1) is 0 Å². The zero-order valence-corrected chi connectivity index (χ0v) is 12.6. The van der Waals surface area contributed by atoms with Crippen LogP contribution in [0, 0.1) is 5.82 Å². The monoisotopic (exact) mass is 317 g/mol. The number of aryl methyl sites for hydroxylation is 1. The molecule has 1 heterocycles. The lowest BCUT2D eigenvalue weighted by atomic mass is 9.94. The highest BCUT2D eigenvalue weighted by atomic mass is 35.5. The number of hydrogen-bond acceptors (Lipinski definition) is 2. The maximum absolute atomic E-state index is 13.9. The molecule has 22 heavy (non-hydrogen) atoms. The Bertz CT molecular complexity index is 789. The van der Waals surface area contributed by atoms with Crippen molar-refractivity contribution >= 4 is 11.6 Å². The Morgan fingerprint density at radius 3 is 2.82 bits per heavy atom. The topological polar surface area (TPSA) is 58.0 Å². The molecule has 0 aromatic heterocycles. The average molecular weight is 318 g/mol. The summed E-state index contributed by atoms with van der Waals surface area (Å²) in [4.78, 5) is 2.84. The van der Waals surface area contributed by atoms with E-state index in [9.17, 15) is 4.39 Å². The third kappa shape index (κ3) is 2.61. The number of fused-ring (bicyclic) bond motifs is 1. The van der Waals surface area contributed by atoms with Gasteiger partial charge in [0.05, 0.1) is 0 Å². The van der Waals surface area contributed by atoms with Gasteiger partial charge in [-0.2, -0.15) is 0 Å². The first-order valence-electron chi connectivity index (χ1n) is 6.85. The van der Waals surface area contributed by atoms with Gasteiger partial charge in [0.25, 0.3) is 0 Å². The van der Waals surface area contributed by atoms with Crippen molar-refractivity contribution in [3.8, 4) is 16.9 Å². The molecule has 0 N–H and O–H groups in total. The number of benzene rings is 2. The van der Waals surface area contributed by atoms with Gasteiger partial charge in [0.1, 0.15) is 11.6 Å². The summed E-state index contributed by atoms with van der Waals surface area (Å²) in [6.45, 7) is 1.72. The van der Waals surface area contributed by atoms with E-state index in [4.69, 9.17) is 21.9 Å². The minimum absolute atomic E-state index is 0.343. The van der Waals surface area contributed by atoms with Crippen molar-refractivity contribution in [2.45, 2.75) is 25.5 Å². The standard InChI is InChI=1S/C16H13ClFN3O/c1-16(20-21-19)7-6-10-8-11(18)9-13(15(10)22-16)12-4-2-3-5-14(12)17/h2-5,8-9H,6-7H2,1H3/t16-/m1/s1. The van der Waals surface area contributed by atoms with Gasteiger partial charge in [0.2, 0.25) is 0 Å². The van der Waals surface area contributed by atoms with Crippen LogP contribution in [-0.4, -0.2) is 5.72 Å². The first kappa shape index (κ1) is 14.7. The van der Waals surface area contributed by atoms with E-state index >= 15 is 0 Å². The van der Waals surface area contributed by atoms with E-state index in [0.717, 1.165) is 5.56 Å². The van der Waals surface area contributed by atoms with Crippen molar-refractivity contribution in [1.82, 2.24) is 0 Å². The highest BCUT2D eigenvalue weighted by molar-refractivity contribution is 6.33. The number of ether oxygens (including phenoxy) is 1. The molecule has 6 heteroatoms. The Labute approximate surface area is 132 Å². The van der Waals surface area contributed by atoms with Gasteiger partial charge in [0, 0.05) is 21.1 Å². The average Bonchev–Trinajstić information content (AvgIpc) is 2.48. The van der Waals surface area contributed by atoms with Crippen LogP contribution < -0.4 is 4.74 Å². The molecule has 0 radical (unpaired) electrons. The van der Waals surface area contributed by atoms with Crippen LogP contribution >= 0.6 is 11.6 Å². The number of halogens is 2. The zero-order chi connectivity index (χ0) is 15.7. The van der Waals surface area contributed by atoms with Crippen molar-refractivity contribution in [2.75, 3.05) is 0 Å². The quantitative estimate of drug-likeness (QED) is 0.410. The molecule has 1 atom stereocenters. The van der Waals surface area contributed by atoms with Crippen LogP contribution in [0.5, 0.6) is 5.75 Å². The molecule has 2 aromatic rings. The van der Waals surface area contributed by atoms with E-state index in [-0.39, 0.29) is 5.82 Å². The summed E-state index contributed by atoms with van der Waals surface area (Å²) in [6.07, 6.45) is 1.07. The molecular formula is C16H13ClFN3O. The van der Waals surface area contributed by atoms with E-state index in [1.165, 1.54) is 12.1 Å². The summed E-state index contributed by atoms with van der Waals surface area (Å²) in [6, 6.07) is 10.0. The lowest BCUT2D eigenvalue weighted by molar-refractivity contribution is 0.0729. The summed E-state index contributed by atoms with van der Waals surface area (Å²) in [5.74, 6) is 0.181. The maximum Gasteiger partial charge on any atom is 0.185 e. The molecule has 0 unspecified atom stereocenters. The van der Waals surface area contributed by atoms with Crippen molar-refractivity contribution in [1.29, 1.82) is 0 Å². The molecule has 4 nitrogen and oxygen atoms in total. The second-order valence-corrected chi connectivity index (χ2v) is 5.80. The highest BCUT2D eigenvalue weighted by Crippen LogP contribution is 2.43. The lowest BCUT2D eigenvalue weighted by Gasteiger charge is -2.33.